The Morgan fingerprint density at radius 3 is 2.77 bits per heavy atom. The van der Waals surface area contributed by atoms with Gasteiger partial charge in [-0.1, -0.05) is 10.3 Å². The van der Waals surface area contributed by atoms with Gasteiger partial charge in [-0.05, 0) is 0 Å². The summed E-state index contributed by atoms with van der Waals surface area (Å²) in [5.74, 6) is -2.12. The van der Waals surface area contributed by atoms with Crippen molar-refractivity contribution in [3.8, 4) is 0 Å². The number of carboxylic acid groups (broad SMARTS) is 1. The van der Waals surface area contributed by atoms with Crippen LogP contribution in [0.4, 0.5) is 5.13 Å². The van der Waals surface area contributed by atoms with Crippen LogP contribution in [0.1, 0.15) is 11.3 Å². The molecule has 1 saturated heterocycles. The number of anilines is 1. The van der Waals surface area contributed by atoms with Gasteiger partial charge in [-0.15, -0.1) is 23.1 Å². The number of carbonyl (C=O) groups excluding carboxylic acids is 2. The van der Waals surface area contributed by atoms with Crippen molar-refractivity contribution in [2.45, 2.75) is 18.0 Å². The normalized spacial score (nSPS) is 20.0. The van der Waals surface area contributed by atoms with Crippen molar-refractivity contribution in [3.05, 3.63) is 52.4 Å². The number of nitrogen functional groups attached to an aromatic ring is 1. The van der Waals surface area contributed by atoms with Crippen molar-refractivity contribution < 1.29 is 34.1 Å². The molecule has 2 amide bonds. The third kappa shape index (κ3) is 4.81. The lowest BCUT2D eigenvalue weighted by Crippen LogP contribution is -2.71. The number of amides is 2. The number of β-lactam (4-membered cyclic amide) rings is 1. The van der Waals surface area contributed by atoms with Crippen LogP contribution in [0, 0.1) is 0 Å². The molecule has 4 rings (SSSR count). The largest absolute Gasteiger partial charge is 0.477 e. The average Bonchev–Trinajstić information content (AvgIpc) is 3.27. The molecule has 2 aliphatic heterocycles. The quantitative estimate of drug-likeness (QED) is 0.119. The first-order chi connectivity index (χ1) is 16.8. The lowest BCUT2D eigenvalue weighted by molar-refractivity contribution is -0.689. The van der Waals surface area contributed by atoms with Gasteiger partial charge in [0.2, 0.25) is 0 Å². The van der Waals surface area contributed by atoms with Crippen molar-refractivity contribution in [1.29, 1.82) is 0 Å². The number of carbonyl (C=O) groups is 3. The van der Waals surface area contributed by atoms with Crippen LogP contribution in [0.3, 0.4) is 0 Å². The predicted octanol–water partition coefficient (Wildman–Crippen LogP) is -0.390. The molecule has 182 valence electrons. The van der Waals surface area contributed by atoms with Crippen LogP contribution in [0.2, 0.25) is 0 Å². The third-order valence-electron chi connectivity index (χ3n) is 5.20. The molecule has 13 nitrogen and oxygen atoms in total. The van der Waals surface area contributed by atoms with E-state index in [2.05, 4.69) is 20.6 Å². The summed E-state index contributed by atoms with van der Waals surface area (Å²) in [6, 6.07) is 2.47. The lowest BCUT2D eigenvalue weighted by Gasteiger charge is -2.49. The van der Waals surface area contributed by atoms with E-state index in [1.165, 1.54) is 35.4 Å². The van der Waals surface area contributed by atoms with Gasteiger partial charge in [0.25, 0.3) is 11.8 Å². The molecule has 0 unspecified atom stereocenters. The average molecular weight is 519 g/mol. The van der Waals surface area contributed by atoms with Crippen LogP contribution in [0.15, 0.2) is 51.5 Å². The van der Waals surface area contributed by atoms with E-state index >= 15 is 0 Å². The van der Waals surface area contributed by atoms with Gasteiger partial charge >= 0.3 is 5.97 Å². The minimum absolute atomic E-state index is 0.101. The fraction of sp³-hybridized carbons (Fsp3) is 0.250. The summed E-state index contributed by atoms with van der Waals surface area (Å²) in [4.78, 5) is 47.8. The molecule has 2 atom stereocenters. The molecule has 2 aromatic rings. The first-order valence-corrected chi connectivity index (χ1v) is 12.0. The first-order valence-electron chi connectivity index (χ1n) is 10.0. The molecule has 0 spiro atoms. The molecular weight excluding hydrogens is 498 g/mol. The molecule has 2 aliphatic rings. The van der Waals surface area contributed by atoms with Crippen molar-refractivity contribution in [2.75, 3.05) is 18.6 Å². The molecule has 5 N–H and O–H groups in total. The van der Waals surface area contributed by atoms with Gasteiger partial charge in [0, 0.05) is 34.4 Å². The number of aliphatic carboxylic acids is 1. The Bertz CT molecular complexity index is 1260. The number of carboxylic acids is 1. The fourth-order valence-corrected chi connectivity index (χ4v) is 5.54. The summed E-state index contributed by atoms with van der Waals surface area (Å²) in [6.45, 7) is 0.245. The Balaban J connectivity index is 1.51. The predicted molar refractivity (Wildman–Crippen MR) is 126 cm³/mol. The number of nitrogens with two attached hydrogens (primary N) is 1. The Morgan fingerprint density at radius 2 is 2.17 bits per heavy atom. The number of thioether (sulfide) groups is 1. The highest BCUT2D eigenvalue weighted by Crippen LogP contribution is 2.40. The number of nitrogens with zero attached hydrogens (tertiary/aromatic N) is 5. The molecule has 0 aromatic carbocycles. The number of hydrogen-bond acceptors (Lipinski definition) is 11. The van der Waals surface area contributed by atoms with Crippen LogP contribution in [-0.2, 0) is 25.8 Å². The molecule has 4 heterocycles. The van der Waals surface area contributed by atoms with Crippen molar-refractivity contribution in [2.24, 2.45) is 10.3 Å². The number of pyridine rings is 1. The van der Waals surface area contributed by atoms with Crippen LogP contribution in [0.5, 0.6) is 0 Å². The van der Waals surface area contributed by atoms with E-state index in [0.29, 0.717) is 16.9 Å². The first kappa shape index (κ1) is 24.2. The minimum Gasteiger partial charge on any atom is -0.477 e. The second-order valence-electron chi connectivity index (χ2n) is 7.36. The van der Waals surface area contributed by atoms with E-state index in [1.807, 2.05) is 0 Å². The van der Waals surface area contributed by atoms with E-state index in [4.69, 9.17) is 15.8 Å². The van der Waals surface area contributed by atoms with E-state index in [-0.39, 0.29) is 28.8 Å². The van der Waals surface area contributed by atoms with E-state index in [9.17, 15) is 19.5 Å². The van der Waals surface area contributed by atoms with Crippen LogP contribution in [-0.4, -0.2) is 74.2 Å². The highest BCUT2D eigenvalue weighted by atomic mass is 32.2. The number of aromatic nitrogens is 2. The Labute approximate surface area is 206 Å². The summed E-state index contributed by atoms with van der Waals surface area (Å²) in [5.41, 5.74) is 6.80. The van der Waals surface area contributed by atoms with Gasteiger partial charge in [-0.2, -0.15) is 0 Å². The Hall–Kier alpha value is -3.98. The summed E-state index contributed by atoms with van der Waals surface area (Å²) >= 11 is 2.47. The number of fused-ring (bicyclic) bond motifs is 1. The topological polar surface area (TPSA) is 184 Å². The van der Waals surface area contributed by atoms with E-state index < -0.39 is 29.2 Å². The smallest absolute Gasteiger partial charge is 0.352 e. The molecule has 35 heavy (non-hydrogen) atoms. The van der Waals surface area contributed by atoms with Gasteiger partial charge in [0.1, 0.15) is 29.9 Å². The van der Waals surface area contributed by atoms with Gasteiger partial charge in [-0.25, -0.2) is 14.3 Å². The zero-order valence-corrected chi connectivity index (χ0v) is 19.8. The summed E-state index contributed by atoms with van der Waals surface area (Å²) in [6.07, 6.45) is 4.69. The zero-order valence-electron chi connectivity index (χ0n) is 18.2. The van der Waals surface area contributed by atoms with Crippen LogP contribution >= 0.6 is 23.1 Å². The Kier molecular flexibility index (Phi) is 6.97. The highest BCUT2D eigenvalue weighted by molar-refractivity contribution is 8.00. The monoisotopic (exact) mass is 518 g/mol. The maximum atomic E-state index is 12.9. The molecule has 0 saturated carbocycles. The van der Waals surface area contributed by atoms with Crippen LogP contribution < -0.4 is 15.6 Å². The Morgan fingerprint density at radius 1 is 1.43 bits per heavy atom. The van der Waals surface area contributed by atoms with Gasteiger partial charge in [0.05, 0.1) is 6.21 Å². The molecule has 0 aliphatic carbocycles. The van der Waals surface area contributed by atoms with Crippen molar-refractivity contribution in [3.63, 3.8) is 0 Å². The summed E-state index contributed by atoms with van der Waals surface area (Å²) in [5, 5.41) is 29.0. The minimum atomic E-state index is -1.23. The maximum Gasteiger partial charge on any atom is 0.352 e. The van der Waals surface area contributed by atoms with Gasteiger partial charge < -0.3 is 26.2 Å². The maximum absolute atomic E-state index is 12.9. The van der Waals surface area contributed by atoms with E-state index in [1.54, 1.807) is 29.1 Å². The summed E-state index contributed by atoms with van der Waals surface area (Å²) < 4.78 is 1.75. The SMILES string of the molecule is CO/N=C(\C(=O)N[C@@H]1C(=O)N2C(C(=O)O)=C(C[n+]3ccc(C=NO)cc3)CS[C@H]12)c1csc(N)n1. The standard InChI is InChI=1S/C20H19N7O6S2/c1-33-25-13(12-9-35-20(21)23-12)16(28)24-14-17(29)27-15(19(30)31)11(8-34-18(14)27)7-26-4-2-10(3-5-26)6-22-32/h2-6,9,14,18H,7-8H2,1H3,(H4,21,23,24,28,30,31)/p+1/b25-13-/t14-,18-/m1/s1. The van der Waals surface area contributed by atoms with E-state index in [0.717, 1.165) is 11.3 Å². The van der Waals surface area contributed by atoms with Gasteiger partial charge in [0.15, 0.2) is 29.8 Å². The molecular formula is C20H20N7O6S2+. The zero-order chi connectivity index (χ0) is 25.1. The number of nitrogens with one attached hydrogen (secondary N) is 1. The number of thiazole rings is 1. The third-order valence-corrected chi connectivity index (χ3v) is 7.21. The number of rotatable bonds is 8. The number of oxime groups is 2. The van der Waals surface area contributed by atoms with Crippen molar-refractivity contribution in [1.82, 2.24) is 15.2 Å². The molecule has 0 radical (unpaired) electrons. The molecule has 0 bridgehead atoms. The second-order valence-corrected chi connectivity index (χ2v) is 9.35. The number of hydrogen-bond donors (Lipinski definition) is 4. The molecule has 2 aromatic heterocycles. The van der Waals surface area contributed by atoms with Crippen molar-refractivity contribution >= 4 is 57.9 Å². The van der Waals surface area contributed by atoms with Gasteiger partial charge in [-0.3, -0.25) is 14.5 Å². The van der Waals surface area contributed by atoms with Crippen LogP contribution in [0.25, 0.3) is 0 Å². The second kappa shape index (κ2) is 10.1. The highest BCUT2D eigenvalue weighted by Gasteiger charge is 2.54. The molecule has 15 heteroatoms. The fourth-order valence-electron chi connectivity index (χ4n) is 3.65. The molecule has 1 fully saturated rings. The summed E-state index contributed by atoms with van der Waals surface area (Å²) in [7, 11) is 1.27. The lowest BCUT2D eigenvalue weighted by atomic mass is 10.0.